The van der Waals surface area contributed by atoms with Crippen molar-refractivity contribution in [2.75, 3.05) is 31.3 Å². The minimum atomic E-state index is -0.402. The van der Waals surface area contributed by atoms with E-state index < -0.39 is 4.92 Å². The Morgan fingerprint density at radius 1 is 1.45 bits per heavy atom. The Kier molecular flexibility index (Phi) is 5.65. The van der Waals surface area contributed by atoms with Crippen LogP contribution in [0, 0.1) is 10.1 Å². The molecule has 1 fully saturated rings. The van der Waals surface area contributed by atoms with E-state index in [1.54, 1.807) is 12.1 Å². The molecule has 0 aliphatic carbocycles. The molecule has 1 saturated heterocycles. The van der Waals surface area contributed by atoms with Gasteiger partial charge in [-0.3, -0.25) is 14.9 Å². The highest BCUT2D eigenvalue weighted by Gasteiger charge is 2.25. The Morgan fingerprint density at radius 2 is 2.23 bits per heavy atom. The summed E-state index contributed by atoms with van der Waals surface area (Å²) in [6, 6.07) is 4.72. The van der Waals surface area contributed by atoms with Gasteiger partial charge < -0.3 is 10.2 Å². The lowest BCUT2D eigenvalue weighted by molar-refractivity contribution is -0.384. The zero-order chi connectivity index (χ0) is 16.1. The second-order valence-electron chi connectivity index (χ2n) is 5.34. The first-order chi connectivity index (χ1) is 10.6. The number of rotatable bonds is 4. The summed E-state index contributed by atoms with van der Waals surface area (Å²) in [6.45, 7) is 1.62. The monoisotopic (exact) mass is 323 g/mol. The van der Waals surface area contributed by atoms with Crippen molar-refractivity contribution in [2.45, 2.75) is 24.5 Å². The number of nitrogens with zero attached hydrogens (tertiary/aromatic N) is 2. The van der Waals surface area contributed by atoms with E-state index >= 15 is 0 Å². The summed E-state index contributed by atoms with van der Waals surface area (Å²) < 4.78 is 0. The molecule has 2 rings (SSSR count). The predicted molar refractivity (Wildman–Crippen MR) is 89.9 cm³/mol. The standard InChI is InChI=1S/C15H21N3O3S/c1-16-15(19)11-6-7-13(14(9-11)18(20)21)17-8-4-3-5-12(10-17)22-2/h6-7,9,12H,3-5,8,10H2,1-2H3,(H,16,19). The smallest absolute Gasteiger partial charge is 0.293 e. The number of nitro groups is 1. The number of carbonyl (C=O) groups is 1. The average molecular weight is 323 g/mol. The summed E-state index contributed by atoms with van der Waals surface area (Å²) >= 11 is 1.81. The highest BCUT2D eigenvalue weighted by molar-refractivity contribution is 7.99. The molecule has 0 aromatic heterocycles. The molecule has 1 aromatic rings. The highest BCUT2D eigenvalue weighted by Crippen LogP contribution is 2.32. The van der Waals surface area contributed by atoms with Crippen molar-refractivity contribution >= 4 is 29.0 Å². The molecule has 7 heteroatoms. The van der Waals surface area contributed by atoms with Gasteiger partial charge in [-0.15, -0.1) is 0 Å². The fourth-order valence-corrected chi connectivity index (χ4v) is 3.47. The van der Waals surface area contributed by atoms with Crippen LogP contribution in [0.15, 0.2) is 18.2 Å². The van der Waals surface area contributed by atoms with E-state index in [9.17, 15) is 14.9 Å². The molecule has 1 aliphatic rings. The summed E-state index contributed by atoms with van der Waals surface area (Å²) in [4.78, 5) is 24.8. The van der Waals surface area contributed by atoms with E-state index in [-0.39, 0.29) is 11.6 Å². The molecule has 0 bridgehead atoms. The highest BCUT2D eigenvalue weighted by atomic mass is 32.2. The molecule has 1 aromatic carbocycles. The minimum Gasteiger partial charge on any atom is -0.365 e. The summed E-state index contributed by atoms with van der Waals surface area (Å²) in [5, 5.41) is 14.4. The van der Waals surface area contributed by atoms with E-state index in [1.165, 1.54) is 13.1 Å². The first-order valence-electron chi connectivity index (χ1n) is 7.35. The van der Waals surface area contributed by atoms with Crippen LogP contribution in [0.3, 0.4) is 0 Å². The van der Waals surface area contributed by atoms with Crippen LogP contribution < -0.4 is 10.2 Å². The number of hydrogen-bond donors (Lipinski definition) is 1. The van der Waals surface area contributed by atoms with Crippen LogP contribution in [0.25, 0.3) is 0 Å². The number of anilines is 1. The molecule has 1 aliphatic heterocycles. The van der Waals surface area contributed by atoms with Crippen LogP contribution in [-0.2, 0) is 0 Å². The van der Waals surface area contributed by atoms with Crippen LogP contribution >= 0.6 is 11.8 Å². The molecule has 22 heavy (non-hydrogen) atoms. The number of hydrogen-bond acceptors (Lipinski definition) is 5. The van der Waals surface area contributed by atoms with Gasteiger partial charge in [0.15, 0.2) is 0 Å². The maximum atomic E-state index is 11.7. The van der Waals surface area contributed by atoms with Gasteiger partial charge in [-0.2, -0.15) is 11.8 Å². The fourth-order valence-electron chi connectivity index (χ4n) is 2.74. The van der Waals surface area contributed by atoms with Gasteiger partial charge in [-0.1, -0.05) is 6.42 Å². The van der Waals surface area contributed by atoms with Crippen molar-refractivity contribution in [1.29, 1.82) is 0 Å². The largest absolute Gasteiger partial charge is 0.365 e. The van der Waals surface area contributed by atoms with E-state index in [1.807, 2.05) is 11.8 Å². The molecule has 1 N–H and O–H groups in total. The Balaban J connectivity index is 2.36. The zero-order valence-corrected chi connectivity index (χ0v) is 13.7. The molecule has 1 atom stereocenters. The Morgan fingerprint density at radius 3 is 2.86 bits per heavy atom. The third-order valence-electron chi connectivity index (χ3n) is 3.96. The van der Waals surface area contributed by atoms with E-state index in [0.717, 1.165) is 32.4 Å². The molecule has 1 amide bonds. The lowest BCUT2D eigenvalue weighted by Gasteiger charge is -2.25. The number of amides is 1. The van der Waals surface area contributed by atoms with E-state index in [4.69, 9.17) is 0 Å². The summed E-state index contributed by atoms with van der Waals surface area (Å²) in [5.74, 6) is -0.312. The van der Waals surface area contributed by atoms with Gasteiger partial charge in [-0.05, 0) is 31.2 Å². The van der Waals surface area contributed by atoms with Gasteiger partial charge in [0, 0.05) is 37.0 Å². The number of carbonyl (C=O) groups excluding carboxylic acids is 1. The number of thioether (sulfide) groups is 1. The van der Waals surface area contributed by atoms with Crippen molar-refractivity contribution in [2.24, 2.45) is 0 Å². The summed E-state index contributed by atoms with van der Waals surface area (Å²) in [5.41, 5.74) is 0.927. The van der Waals surface area contributed by atoms with Gasteiger partial charge in [0.25, 0.3) is 11.6 Å². The third kappa shape index (κ3) is 3.71. The quantitative estimate of drug-likeness (QED) is 0.681. The number of benzene rings is 1. The van der Waals surface area contributed by atoms with Crippen molar-refractivity contribution in [3.63, 3.8) is 0 Å². The molecule has 0 saturated carbocycles. The molecular formula is C15H21N3O3S. The normalized spacial score (nSPS) is 18.6. The fraction of sp³-hybridized carbons (Fsp3) is 0.533. The Hall–Kier alpha value is -1.76. The molecule has 6 nitrogen and oxygen atoms in total. The van der Waals surface area contributed by atoms with Crippen molar-refractivity contribution in [3.8, 4) is 0 Å². The molecule has 0 spiro atoms. The van der Waals surface area contributed by atoms with Crippen LogP contribution in [-0.4, -0.2) is 42.5 Å². The summed E-state index contributed by atoms with van der Waals surface area (Å²) in [7, 11) is 1.51. The minimum absolute atomic E-state index is 0.00264. The van der Waals surface area contributed by atoms with E-state index in [0.29, 0.717) is 16.5 Å². The first-order valence-corrected chi connectivity index (χ1v) is 8.64. The molecule has 1 unspecified atom stereocenters. The predicted octanol–water partition coefficient (Wildman–Crippen LogP) is 2.68. The molecule has 120 valence electrons. The van der Waals surface area contributed by atoms with Gasteiger partial charge in [0.2, 0.25) is 0 Å². The Bertz CT molecular complexity index is 565. The van der Waals surface area contributed by atoms with Gasteiger partial charge in [0.1, 0.15) is 5.69 Å². The van der Waals surface area contributed by atoms with Crippen LogP contribution in [0.2, 0.25) is 0 Å². The second-order valence-corrected chi connectivity index (χ2v) is 6.48. The topological polar surface area (TPSA) is 75.5 Å². The average Bonchev–Trinajstić information content (AvgIpc) is 2.78. The van der Waals surface area contributed by atoms with E-state index in [2.05, 4.69) is 16.5 Å². The van der Waals surface area contributed by atoms with Crippen molar-refractivity contribution < 1.29 is 9.72 Å². The van der Waals surface area contributed by atoms with Gasteiger partial charge >= 0.3 is 0 Å². The SMILES string of the molecule is CNC(=O)c1ccc(N2CCCCC(SC)C2)c([N+](=O)[O-])c1. The lowest BCUT2D eigenvalue weighted by atomic mass is 10.1. The molecular weight excluding hydrogens is 302 g/mol. The van der Waals surface area contributed by atoms with Crippen molar-refractivity contribution in [3.05, 3.63) is 33.9 Å². The Labute approximate surface area is 134 Å². The zero-order valence-electron chi connectivity index (χ0n) is 12.9. The molecule has 1 heterocycles. The lowest BCUT2D eigenvalue weighted by Crippen LogP contribution is -2.30. The van der Waals surface area contributed by atoms with Gasteiger partial charge in [0.05, 0.1) is 4.92 Å². The molecule has 0 radical (unpaired) electrons. The maximum Gasteiger partial charge on any atom is 0.293 e. The third-order valence-corrected chi connectivity index (χ3v) is 5.01. The maximum absolute atomic E-state index is 11.7. The van der Waals surface area contributed by atoms with Crippen LogP contribution in [0.4, 0.5) is 11.4 Å². The number of nitrogens with one attached hydrogen (secondary N) is 1. The van der Waals surface area contributed by atoms with Crippen LogP contribution in [0.5, 0.6) is 0 Å². The van der Waals surface area contributed by atoms with Gasteiger partial charge in [-0.25, -0.2) is 0 Å². The van der Waals surface area contributed by atoms with Crippen LogP contribution in [0.1, 0.15) is 29.6 Å². The number of nitro benzene ring substituents is 1. The van der Waals surface area contributed by atoms with Crippen molar-refractivity contribution in [1.82, 2.24) is 5.32 Å². The first kappa shape index (κ1) is 16.6. The summed E-state index contributed by atoms with van der Waals surface area (Å²) in [6.07, 6.45) is 5.40. The second kappa shape index (κ2) is 7.49.